The minimum atomic E-state index is -0.499. The molecule has 0 aliphatic heterocycles. The van der Waals surface area contributed by atoms with E-state index in [1.165, 1.54) is 17.8 Å². The van der Waals surface area contributed by atoms with Gasteiger partial charge in [0.2, 0.25) is 11.1 Å². The summed E-state index contributed by atoms with van der Waals surface area (Å²) in [6, 6.07) is 3.07. The molecule has 8 nitrogen and oxygen atoms in total. The van der Waals surface area contributed by atoms with Crippen molar-refractivity contribution >= 4 is 29.0 Å². The van der Waals surface area contributed by atoms with Crippen LogP contribution in [0.5, 0.6) is 0 Å². The van der Waals surface area contributed by atoms with E-state index in [0.717, 1.165) is 24.2 Å². The Kier molecular flexibility index (Phi) is 5.91. The molecule has 0 aliphatic carbocycles. The summed E-state index contributed by atoms with van der Waals surface area (Å²) in [6.07, 6.45) is 1.75. The van der Waals surface area contributed by atoms with Gasteiger partial charge in [0.1, 0.15) is 11.5 Å². The van der Waals surface area contributed by atoms with Gasteiger partial charge in [-0.05, 0) is 31.4 Å². The maximum absolute atomic E-state index is 12.1. The van der Waals surface area contributed by atoms with Gasteiger partial charge < -0.3 is 5.32 Å². The first-order valence-electron chi connectivity index (χ1n) is 7.51. The molecular weight excluding hydrogens is 330 g/mol. The minimum absolute atomic E-state index is 0.0773. The van der Waals surface area contributed by atoms with Gasteiger partial charge in [-0.25, -0.2) is 4.98 Å². The van der Waals surface area contributed by atoms with Crippen LogP contribution in [0.15, 0.2) is 17.3 Å². The Morgan fingerprint density at radius 3 is 2.83 bits per heavy atom. The Hall–Kier alpha value is -2.42. The normalized spacial score (nSPS) is 10.6. The van der Waals surface area contributed by atoms with Crippen LogP contribution in [0.25, 0.3) is 0 Å². The number of H-pyrrole nitrogens is 1. The number of aromatic amines is 1. The van der Waals surface area contributed by atoms with Crippen molar-refractivity contribution in [1.29, 1.82) is 0 Å². The molecule has 0 saturated heterocycles. The second-order valence-electron chi connectivity index (χ2n) is 5.31. The number of aryl methyl sites for hydroxylation is 2. The number of anilines is 1. The van der Waals surface area contributed by atoms with Crippen molar-refractivity contribution in [3.05, 3.63) is 39.2 Å². The molecule has 2 aromatic rings. The van der Waals surface area contributed by atoms with Crippen LogP contribution in [0.1, 0.15) is 30.3 Å². The summed E-state index contributed by atoms with van der Waals surface area (Å²) in [4.78, 5) is 27.0. The molecule has 0 unspecified atom stereocenters. The van der Waals surface area contributed by atoms with Gasteiger partial charge >= 0.3 is 0 Å². The highest BCUT2D eigenvalue weighted by Crippen LogP contribution is 2.30. The van der Waals surface area contributed by atoms with Crippen LogP contribution in [0.4, 0.5) is 11.4 Å². The van der Waals surface area contributed by atoms with Gasteiger partial charge in [0, 0.05) is 12.5 Å². The van der Waals surface area contributed by atoms with E-state index in [2.05, 4.69) is 20.5 Å². The lowest BCUT2D eigenvalue weighted by molar-refractivity contribution is -0.384. The number of rotatable bonds is 7. The van der Waals surface area contributed by atoms with Crippen LogP contribution in [-0.4, -0.2) is 31.8 Å². The van der Waals surface area contributed by atoms with Gasteiger partial charge in [-0.2, -0.15) is 0 Å². The van der Waals surface area contributed by atoms with Crippen LogP contribution in [0.2, 0.25) is 0 Å². The van der Waals surface area contributed by atoms with Gasteiger partial charge in [-0.3, -0.25) is 20.0 Å². The van der Waals surface area contributed by atoms with Crippen molar-refractivity contribution in [3.8, 4) is 0 Å². The fourth-order valence-corrected chi connectivity index (χ4v) is 2.73. The van der Waals surface area contributed by atoms with Crippen LogP contribution >= 0.6 is 11.8 Å². The molecule has 128 valence electrons. The largest absolute Gasteiger partial charge is 0.319 e. The first-order chi connectivity index (χ1) is 11.4. The molecule has 0 saturated carbocycles. The van der Waals surface area contributed by atoms with Crippen molar-refractivity contribution in [2.75, 3.05) is 11.1 Å². The molecule has 1 aromatic carbocycles. The topological polar surface area (TPSA) is 114 Å². The Morgan fingerprint density at radius 1 is 1.42 bits per heavy atom. The number of carbonyl (C=O) groups is 1. The number of carbonyl (C=O) groups excluding carboxylic acids is 1. The van der Waals surface area contributed by atoms with E-state index >= 15 is 0 Å². The number of nitro groups is 1. The first kappa shape index (κ1) is 17.9. The minimum Gasteiger partial charge on any atom is -0.319 e. The molecule has 0 spiro atoms. The Balaban J connectivity index is 2.04. The standard InChI is InChI=1S/C15H19N5O3S/c1-4-5-12-16-15(19-18-12)24-8-13(21)17-14-10(3)9(2)6-7-11(14)20(22)23/h6-7H,4-5,8H2,1-3H3,(H,17,21)(H,16,18,19). The zero-order chi connectivity index (χ0) is 17.7. The van der Waals surface area contributed by atoms with Crippen molar-refractivity contribution in [2.45, 2.75) is 38.8 Å². The smallest absolute Gasteiger partial charge is 0.293 e. The molecule has 0 atom stereocenters. The Labute approximate surface area is 143 Å². The fraction of sp³-hybridized carbons (Fsp3) is 0.400. The summed E-state index contributed by atoms with van der Waals surface area (Å²) in [7, 11) is 0. The third-order valence-corrected chi connectivity index (χ3v) is 4.35. The van der Waals surface area contributed by atoms with Gasteiger partial charge in [0.25, 0.3) is 5.69 Å². The molecule has 2 rings (SSSR count). The van der Waals surface area contributed by atoms with Crippen LogP contribution in [0.3, 0.4) is 0 Å². The quantitative estimate of drug-likeness (QED) is 0.451. The number of thioether (sulfide) groups is 1. The lowest BCUT2D eigenvalue weighted by atomic mass is 10.1. The molecular formula is C15H19N5O3S. The fourth-order valence-electron chi connectivity index (χ4n) is 2.11. The van der Waals surface area contributed by atoms with Gasteiger partial charge in [0.05, 0.1) is 10.7 Å². The molecule has 1 heterocycles. The lowest BCUT2D eigenvalue weighted by Crippen LogP contribution is -2.16. The summed E-state index contributed by atoms with van der Waals surface area (Å²) < 4.78 is 0. The van der Waals surface area contributed by atoms with E-state index in [9.17, 15) is 14.9 Å². The number of nitro benzene ring substituents is 1. The number of hydrogen-bond donors (Lipinski definition) is 2. The highest BCUT2D eigenvalue weighted by Gasteiger charge is 2.19. The summed E-state index contributed by atoms with van der Waals surface area (Å²) in [6.45, 7) is 5.63. The van der Waals surface area contributed by atoms with Crippen molar-refractivity contribution in [1.82, 2.24) is 15.2 Å². The van der Waals surface area contributed by atoms with Crippen LogP contribution < -0.4 is 5.32 Å². The van der Waals surface area contributed by atoms with E-state index in [4.69, 9.17) is 0 Å². The molecule has 0 bridgehead atoms. The average molecular weight is 349 g/mol. The maximum Gasteiger partial charge on any atom is 0.293 e. The molecule has 0 radical (unpaired) electrons. The van der Waals surface area contributed by atoms with Crippen molar-refractivity contribution in [2.24, 2.45) is 0 Å². The zero-order valence-corrected chi connectivity index (χ0v) is 14.6. The number of nitrogens with one attached hydrogen (secondary N) is 2. The van der Waals surface area contributed by atoms with Gasteiger partial charge in [-0.1, -0.05) is 24.8 Å². The lowest BCUT2D eigenvalue weighted by Gasteiger charge is -2.10. The monoisotopic (exact) mass is 349 g/mol. The predicted octanol–water partition coefficient (Wildman–Crippen LogP) is 3.01. The number of hydrogen-bond acceptors (Lipinski definition) is 6. The SMILES string of the molecule is CCCc1nc(SCC(=O)Nc2c([N+](=O)[O-])ccc(C)c2C)n[nH]1. The number of benzene rings is 1. The Bertz CT molecular complexity index is 760. The second kappa shape index (κ2) is 7.91. The van der Waals surface area contributed by atoms with E-state index in [0.29, 0.717) is 10.7 Å². The zero-order valence-electron chi connectivity index (χ0n) is 13.8. The third-order valence-electron chi connectivity index (χ3n) is 3.51. The summed E-state index contributed by atoms with van der Waals surface area (Å²) >= 11 is 1.18. The second-order valence-corrected chi connectivity index (χ2v) is 6.25. The summed E-state index contributed by atoms with van der Waals surface area (Å²) in [5.41, 5.74) is 1.69. The maximum atomic E-state index is 12.1. The summed E-state index contributed by atoms with van der Waals surface area (Å²) in [5, 5.41) is 21.1. The first-order valence-corrected chi connectivity index (χ1v) is 8.49. The highest BCUT2D eigenvalue weighted by molar-refractivity contribution is 7.99. The predicted molar refractivity (Wildman–Crippen MR) is 92.3 cm³/mol. The van der Waals surface area contributed by atoms with Crippen LogP contribution in [-0.2, 0) is 11.2 Å². The molecule has 1 amide bonds. The molecule has 9 heteroatoms. The van der Waals surface area contributed by atoms with Crippen LogP contribution in [0, 0.1) is 24.0 Å². The third kappa shape index (κ3) is 4.31. The van der Waals surface area contributed by atoms with E-state index < -0.39 is 4.92 Å². The summed E-state index contributed by atoms with van der Waals surface area (Å²) in [5.74, 6) is 0.526. The number of amides is 1. The average Bonchev–Trinajstić information content (AvgIpc) is 2.98. The van der Waals surface area contributed by atoms with Gasteiger partial charge in [0.15, 0.2) is 0 Å². The molecule has 1 aromatic heterocycles. The van der Waals surface area contributed by atoms with E-state index in [1.54, 1.807) is 13.0 Å². The molecule has 24 heavy (non-hydrogen) atoms. The highest BCUT2D eigenvalue weighted by atomic mass is 32.2. The van der Waals surface area contributed by atoms with E-state index in [-0.39, 0.29) is 23.0 Å². The van der Waals surface area contributed by atoms with Crippen molar-refractivity contribution < 1.29 is 9.72 Å². The number of aromatic nitrogens is 3. The molecule has 0 aliphatic rings. The molecule has 2 N–H and O–H groups in total. The van der Waals surface area contributed by atoms with Gasteiger partial charge in [-0.15, -0.1) is 5.10 Å². The molecule has 0 fully saturated rings. The van der Waals surface area contributed by atoms with E-state index in [1.807, 2.05) is 13.8 Å². The Morgan fingerprint density at radius 2 is 2.17 bits per heavy atom. The van der Waals surface area contributed by atoms with Crippen molar-refractivity contribution in [3.63, 3.8) is 0 Å². The number of nitrogens with zero attached hydrogens (tertiary/aromatic N) is 3.